The van der Waals surface area contributed by atoms with Crippen molar-refractivity contribution >= 4 is 0 Å². The number of nitrogens with zero attached hydrogens (tertiary/aromatic N) is 1. The van der Waals surface area contributed by atoms with Crippen molar-refractivity contribution < 1.29 is 14.6 Å². The Bertz CT molecular complexity index is 657. The van der Waals surface area contributed by atoms with Crippen LogP contribution in [0.25, 0.3) is 11.3 Å². The molecule has 1 aromatic carbocycles. The third kappa shape index (κ3) is 3.88. The highest BCUT2D eigenvalue weighted by atomic mass is 16.6. The van der Waals surface area contributed by atoms with Gasteiger partial charge in [-0.15, -0.1) is 0 Å². The average Bonchev–Trinajstić information content (AvgIpc) is 3.09. The van der Waals surface area contributed by atoms with Crippen LogP contribution in [0.5, 0.6) is 11.5 Å². The van der Waals surface area contributed by atoms with Crippen LogP contribution >= 0.6 is 0 Å². The third-order valence-electron chi connectivity index (χ3n) is 4.41. The van der Waals surface area contributed by atoms with Gasteiger partial charge >= 0.3 is 0 Å². The molecule has 1 aliphatic rings. The van der Waals surface area contributed by atoms with Gasteiger partial charge in [-0.3, -0.25) is 5.10 Å². The zero-order valence-electron chi connectivity index (χ0n) is 14.0. The van der Waals surface area contributed by atoms with Gasteiger partial charge in [0.15, 0.2) is 11.5 Å². The number of aromatic nitrogens is 2. The molecule has 2 heterocycles. The largest absolute Gasteiger partial charge is 0.486 e. The summed E-state index contributed by atoms with van der Waals surface area (Å²) in [4.78, 5) is 0. The second kappa shape index (κ2) is 8.17. The number of rotatable bonds is 8. The van der Waals surface area contributed by atoms with Crippen LogP contribution in [0.4, 0.5) is 0 Å². The number of aliphatic hydroxyl groups excluding tert-OH is 1. The van der Waals surface area contributed by atoms with E-state index in [1.54, 1.807) is 0 Å². The molecule has 0 spiro atoms. The summed E-state index contributed by atoms with van der Waals surface area (Å²) in [5, 5.41) is 19.8. The first-order valence-corrected chi connectivity index (χ1v) is 8.55. The molecule has 0 radical (unpaired) electrons. The lowest BCUT2D eigenvalue weighted by molar-refractivity contribution is 0.171. The Morgan fingerprint density at radius 3 is 2.92 bits per heavy atom. The van der Waals surface area contributed by atoms with Gasteiger partial charge < -0.3 is 19.9 Å². The predicted octanol–water partition coefficient (Wildman–Crippen LogP) is 2.35. The van der Waals surface area contributed by atoms with E-state index >= 15 is 0 Å². The maximum absolute atomic E-state index is 9.08. The zero-order valence-corrected chi connectivity index (χ0v) is 14.0. The standard InChI is InChI=1S/C18H25N3O3/c1-2-13(5-6-22)10-19-11-15-12-20-21-18(15)14-3-4-16-17(9-14)24-8-7-23-16/h3-4,9,12-13,19,22H,2,5-8,10-11H2,1H3,(H,20,21). The molecule has 6 heteroatoms. The maximum Gasteiger partial charge on any atom is 0.162 e. The van der Waals surface area contributed by atoms with Crippen molar-refractivity contribution in [2.45, 2.75) is 26.3 Å². The number of aromatic amines is 1. The highest BCUT2D eigenvalue weighted by Crippen LogP contribution is 2.34. The van der Waals surface area contributed by atoms with Gasteiger partial charge in [-0.1, -0.05) is 13.3 Å². The third-order valence-corrected chi connectivity index (χ3v) is 4.41. The normalized spacial score (nSPS) is 14.6. The molecule has 24 heavy (non-hydrogen) atoms. The van der Waals surface area contributed by atoms with Crippen LogP contribution in [0.15, 0.2) is 24.4 Å². The van der Waals surface area contributed by atoms with Crippen LogP contribution in [-0.4, -0.2) is 41.7 Å². The van der Waals surface area contributed by atoms with Crippen LogP contribution in [-0.2, 0) is 6.54 Å². The predicted molar refractivity (Wildman–Crippen MR) is 92.2 cm³/mol. The van der Waals surface area contributed by atoms with Gasteiger partial charge in [-0.05, 0) is 37.1 Å². The molecule has 1 aliphatic heterocycles. The molecule has 0 fully saturated rings. The summed E-state index contributed by atoms with van der Waals surface area (Å²) in [5.74, 6) is 2.07. The minimum atomic E-state index is 0.244. The highest BCUT2D eigenvalue weighted by molar-refractivity contribution is 5.66. The fourth-order valence-corrected chi connectivity index (χ4v) is 2.94. The second-order valence-electron chi connectivity index (χ2n) is 6.05. The van der Waals surface area contributed by atoms with Crippen molar-refractivity contribution in [2.75, 3.05) is 26.4 Å². The Labute approximate surface area is 142 Å². The second-order valence-corrected chi connectivity index (χ2v) is 6.05. The number of benzene rings is 1. The van der Waals surface area contributed by atoms with E-state index < -0.39 is 0 Å². The van der Waals surface area contributed by atoms with E-state index in [0.29, 0.717) is 19.1 Å². The number of nitrogens with one attached hydrogen (secondary N) is 2. The molecule has 1 atom stereocenters. The van der Waals surface area contributed by atoms with E-state index in [1.165, 1.54) is 0 Å². The van der Waals surface area contributed by atoms with E-state index in [0.717, 1.165) is 54.3 Å². The minimum absolute atomic E-state index is 0.244. The fraction of sp³-hybridized carbons (Fsp3) is 0.500. The smallest absolute Gasteiger partial charge is 0.162 e. The number of hydrogen-bond acceptors (Lipinski definition) is 5. The van der Waals surface area contributed by atoms with Gasteiger partial charge in [0.25, 0.3) is 0 Å². The quantitative estimate of drug-likeness (QED) is 0.692. The molecule has 0 saturated heterocycles. The maximum atomic E-state index is 9.08. The molecule has 3 N–H and O–H groups in total. The Balaban J connectivity index is 1.67. The molecule has 1 aromatic heterocycles. The van der Waals surface area contributed by atoms with Crippen molar-refractivity contribution in [3.05, 3.63) is 30.0 Å². The molecule has 0 amide bonds. The van der Waals surface area contributed by atoms with E-state index in [-0.39, 0.29) is 6.61 Å². The molecule has 1 unspecified atom stereocenters. The Morgan fingerprint density at radius 2 is 2.12 bits per heavy atom. The molecule has 6 nitrogen and oxygen atoms in total. The number of fused-ring (bicyclic) bond motifs is 1. The highest BCUT2D eigenvalue weighted by Gasteiger charge is 2.15. The Morgan fingerprint density at radius 1 is 1.29 bits per heavy atom. The Hall–Kier alpha value is -2.05. The van der Waals surface area contributed by atoms with Crippen molar-refractivity contribution in [2.24, 2.45) is 5.92 Å². The summed E-state index contributed by atoms with van der Waals surface area (Å²) < 4.78 is 11.2. The molecular formula is C18H25N3O3. The number of hydrogen-bond donors (Lipinski definition) is 3. The summed E-state index contributed by atoms with van der Waals surface area (Å²) in [5.41, 5.74) is 3.15. The molecule has 3 rings (SSSR count). The van der Waals surface area contributed by atoms with Crippen LogP contribution in [0.1, 0.15) is 25.3 Å². The lowest BCUT2D eigenvalue weighted by Gasteiger charge is -2.19. The molecule has 0 saturated carbocycles. The van der Waals surface area contributed by atoms with Gasteiger partial charge in [0.2, 0.25) is 0 Å². The SMILES string of the molecule is CCC(CCO)CNCc1cn[nH]c1-c1ccc2c(c1)OCCO2. The van der Waals surface area contributed by atoms with Gasteiger partial charge in [0.1, 0.15) is 13.2 Å². The van der Waals surface area contributed by atoms with Crippen LogP contribution < -0.4 is 14.8 Å². The van der Waals surface area contributed by atoms with Gasteiger partial charge in [0, 0.05) is 24.3 Å². The van der Waals surface area contributed by atoms with Gasteiger partial charge in [0.05, 0.1) is 11.9 Å². The van der Waals surface area contributed by atoms with Crippen LogP contribution in [0.3, 0.4) is 0 Å². The number of ether oxygens (including phenoxy) is 2. The first-order valence-electron chi connectivity index (χ1n) is 8.55. The molecule has 0 bridgehead atoms. The first-order chi connectivity index (χ1) is 11.8. The van der Waals surface area contributed by atoms with E-state index in [9.17, 15) is 0 Å². The summed E-state index contributed by atoms with van der Waals surface area (Å²) in [7, 11) is 0. The summed E-state index contributed by atoms with van der Waals surface area (Å²) in [6, 6.07) is 5.95. The van der Waals surface area contributed by atoms with Crippen molar-refractivity contribution in [3.63, 3.8) is 0 Å². The molecular weight excluding hydrogens is 306 g/mol. The minimum Gasteiger partial charge on any atom is -0.486 e. The van der Waals surface area contributed by atoms with Crippen molar-refractivity contribution in [1.29, 1.82) is 0 Å². The topological polar surface area (TPSA) is 79.4 Å². The summed E-state index contributed by atoms with van der Waals surface area (Å²) >= 11 is 0. The lowest BCUT2D eigenvalue weighted by Crippen LogP contribution is -2.23. The monoisotopic (exact) mass is 331 g/mol. The van der Waals surface area contributed by atoms with Crippen molar-refractivity contribution in [3.8, 4) is 22.8 Å². The number of H-pyrrole nitrogens is 1. The van der Waals surface area contributed by atoms with E-state index in [4.69, 9.17) is 14.6 Å². The lowest BCUT2D eigenvalue weighted by atomic mass is 10.0. The molecule has 130 valence electrons. The van der Waals surface area contributed by atoms with E-state index in [1.807, 2.05) is 24.4 Å². The van der Waals surface area contributed by atoms with E-state index in [2.05, 4.69) is 22.4 Å². The van der Waals surface area contributed by atoms with Crippen LogP contribution in [0, 0.1) is 5.92 Å². The zero-order chi connectivity index (χ0) is 16.8. The van der Waals surface area contributed by atoms with Gasteiger partial charge in [-0.25, -0.2) is 0 Å². The fourth-order valence-electron chi connectivity index (χ4n) is 2.94. The Kier molecular flexibility index (Phi) is 5.72. The average molecular weight is 331 g/mol. The molecule has 2 aromatic rings. The number of aliphatic hydroxyl groups is 1. The van der Waals surface area contributed by atoms with Crippen LogP contribution in [0.2, 0.25) is 0 Å². The summed E-state index contributed by atoms with van der Waals surface area (Å²) in [6.07, 6.45) is 3.75. The molecule has 0 aliphatic carbocycles. The van der Waals surface area contributed by atoms with Crippen molar-refractivity contribution in [1.82, 2.24) is 15.5 Å². The van der Waals surface area contributed by atoms with Gasteiger partial charge in [-0.2, -0.15) is 5.10 Å². The summed E-state index contributed by atoms with van der Waals surface area (Å²) in [6.45, 7) is 5.20. The first kappa shape index (κ1) is 16.8.